The smallest absolute Gasteiger partial charge is 0.242 e. The SMILES string of the molecule is CC(C)Sc1ccc(/C=N/NC(F)(F)C(F)(F)C(F)(F)F)c2ccccc12. The number of hydrogen-bond acceptors (Lipinski definition) is 3. The minimum Gasteiger partial charge on any atom is -0.242 e. The number of hydrazone groups is 1. The average molecular weight is 412 g/mol. The molecule has 2 nitrogen and oxygen atoms in total. The van der Waals surface area contributed by atoms with E-state index in [4.69, 9.17) is 0 Å². The first-order chi connectivity index (χ1) is 12.4. The van der Waals surface area contributed by atoms with Crippen LogP contribution in [0.1, 0.15) is 19.4 Å². The van der Waals surface area contributed by atoms with Crippen molar-refractivity contribution in [3.63, 3.8) is 0 Å². The predicted molar refractivity (Wildman–Crippen MR) is 91.6 cm³/mol. The molecule has 1 N–H and O–H groups in total. The van der Waals surface area contributed by atoms with E-state index in [0.717, 1.165) is 16.5 Å². The Kier molecular flexibility index (Phi) is 5.98. The fourth-order valence-electron chi connectivity index (χ4n) is 2.20. The largest absolute Gasteiger partial charge is 0.462 e. The number of halogens is 7. The van der Waals surface area contributed by atoms with Crippen LogP contribution < -0.4 is 5.43 Å². The van der Waals surface area contributed by atoms with Crippen molar-refractivity contribution < 1.29 is 30.7 Å². The van der Waals surface area contributed by atoms with Gasteiger partial charge in [-0.05, 0) is 16.8 Å². The van der Waals surface area contributed by atoms with Crippen molar-refractivity contribution in [1.82, 2.24) is 5.43 Å². The summed E-state index contributed by atoms with van der Waals surface area (Å²) in [5.41, 5.74) is 0.916. The Bertz CT molecular complexity index is 832. The highest BCUT2D eigenvalue weighted by Gasteiger charge is 2.73. The van der Waals surface area contributed by atoms with Gasteiger partial charge >= 0.3 is 18.1 Å². The van der Waals surface area contributed by atoms with E-state index in [1.807, 2.05) is 13.8 Å². The zero-order valence-electron chi connectivity index (χ0n) is 14.1. The Labute approximate surface area is 154 Å². The molecule has 2 aromatic carbocycles. The number of fused-ring (bicyclic) bond motifs is 1. The zero-order chi connectivity index (χ0) is 20.5. The third kappa shape index (κ3) is 4.48. The number of benzene rings is 2. The molecule has 0 amide bonds. The summed E-state index contributed by atoms with van der Waals surface area (Å²) in [6.07, 6.45) is -5.63. The molecule has 2 aromatic rings. The number of hydrogen-bond donors (Lipinski definition) is 1. The molecule has 0 saturated carbocycles. The zero-order valence-corrected chi connectivity index (χ0v) is 14.9. The third-order valence-electron chi connectivity index (χ3n) is 3.44. The number of thioether (sulfide) groups is 1. The summed E-state index contributed by atoms with van der Waals surface area (Å²) >= 11 is 1.57. The van der Waals surface area contributed by atoms with Crippen molar-refractivity contribution >= 4 is 28.7 Å². The second-order valence-electron chi connectivity index (χ2n) is 5.88. The van der Waals surface area contributed by atoms with Crippen molar-refractivity contribution in [2.24, 2.45) is 5.10 Å². The minimum absolute atomic E-state index is 0.276. The van der Waals surface area contributed by atoms with Crippen LogP contribution in [-0.2, 0) is 0 Å². The fourth-order valence-corrected chi connectivity index (χ4v) is 3.15. The van der Waals surface area contributed by atoms with Gasteiger partial charge in [-0.3, -0.25) is 0 Å². The van der Waals surface area contributed by atoms with Gasteiger partial charge in [0.05, 0.1) is 6.21 Å². The molecule has 0 heterocycles. The first kappa shape index (κ1) is 21.3. The highest BCUT2D eigenvalue weighted by atomic mass is 32.2. The molecule has 148 valence electrons. The molecule has 0 spiro atoms. The summed E-state index contributed by atoms with van der Waals surface area (Å²) in [7, 11) is 0. The van der Waals surface area contributed by atoms with Gasteiger partial charge in [0.15, 0.2) is 0 Å². The molecule has 0 aliphatic rings. The summed E-state index contributed by atoms with van der Waals surface area (Å²) in [5.74, 6) is -6.27. The van der Waals surface area contributed by atoms with E-state index in [-0.39, 0.29) is 10.8 Å². The highest BCUT2D eigenvalue weighted by Crippen LogP contribution is 2.45. The van der Waals surface area contributed by atoms with Crippen LogP contribution in [0.3, 0.4) is 0 Å². The van der Waals surface area contributed by atoms with Crippen LogP contribution in [0.25, 0.3) is 10.8 Å². The second-order valence-corrected chi connectivity index (χ2v) is 7.50. The maximum absolute atomic E-state index is 13.2. The number of alkyl halides is 7. The molecule has 0 fully saturated rings. The van der Waals surface area contributed by atoms with Gasteiger partial charge in [0.1, 0.15) is 0 Å². The molecule has 0 aromatic heterocycles. The number of nitrogens with one attached hydrogen (secondary N) is 1. The quantitative estimate of drug-likeness (QED) is 0.205. The molecule has 27 heavy (non-hydrogen) atoms. The molecule has 0 aliphatic heterocycles. The third-order valence-corrected chi connectivity index (χ3v) is 4.52. The summed E-state index contributed by atoms with van der Waals surface area (Å²) in [6, 6.07) is 4.55. The molecule has 0 radical (unpaired) electrons. The van der Waals surface area contributed by atoms with Crippen LogP contribution in [0.2, 0.25) is 0 Å². The van der Waals surface area contributed by atoms with E-state index >= 15 is 0 Å². The molecule has 0 saturated heterocycles. The lowest BCUT2D eigenvalue weighted by Crippen LogP contribution is -2.58. The lowest BCUT2D eigenvalue weighted by atomic mass is 10.1. The summed E-state index contributed by atoms with van der Waals surface area (Å²) in [5, 5.41) is 4.58. The Hall–Kier alpha value is -1.97. The van der Waals surface area contributed by atoms with Gasteiger partial charge in [0.25, 0.3) is 0 Å². The lowest BCUT2D eigenvalue weighted by molar-refractivity contribution is -0.361. The van der Waals surface area contributed by atoms with E-state index < -0.39 is 18.1 Å². The van der Waals surface area contributed by atoms with Crippen LogP contribution in [-0.4, -0.2) is 29.6 Å². The average Bonchev–Trinajstić information content (AvgIpc) is 2.55. The van der Waals surface area contributed by atoms with Crippen LogP contribution in [0.4, 0.5) is 30.7 Å². The Morgan fingerprint density at radius 3 is 2.07 bits per heavy atom. The Balaban J connectivity index is 2.32. The number of rotatable bonds is 6. The van der Waals surface area contributed by atoms with Gasteiger partial charge in [0, 0.05) is 15.7 Å². The monoisotopic (exact) mass is 412 g/mol. The van der Waals surface area contributed by atoms with Gasteiger partial charge < -0.3 is 0 Å². The molecule has 10 heteroatoms. The highest BCUT2D eigenvalue weighted by molar-refractivity contribution is 8.00. The predicted octanol–water partition coefficient (Wildman–Crippen LogP) is 6.05. The van der Waals surface area contributed by atoms with Crippen molar-refractivity contribution in [2.45, 2.75) is 42.1 Å². The van der Waals surface area contributed by atoms with Gasteiger partial charge in [0.2, 0.25) is 0 Å². The summed E-state index contributed by atoms with van der Waals surface area (Å²) in [6.45, 7) is 3.98. The van der Waals surface area contributed by atoms with Gasteiger partial charge in [-0.25, -0.2) is 5.43 Å². The van der Waals surface area contributed by atoms with Gasteiger partial charge in [-0.1, -0.05) is 44.2 Å². The van der Waals surface area contributed by atoms with E-state index in [9.17, 15) is 30.7 Å². The van der Waals surface area contributed by atoms with Gasteiger partial charge in [-0.15, -0.1) is 11.8 Å². The minimum atomic E-state index is -6.42. The summed E-state index contributed by atoms with van der Waals surface area (Å²) < 4.78 is 88.5. The fraction of sp³-hybridized carbons (Fsp3) is 0.353. The van der Waals surface area contributed by atoms with E-state index in [2.05, 4.69) is 5.10 Å². The van der Waals surface area contributed by atoms with Gasteiger partial charge in [-0.2, -0.15) is 35.8 Å². The Morgan fingerprint density at radius 2 is 1.52 bits per heavy atom. The van der Waals surface area contributed by atoms with E-state index in [0.29, 0.717) is 10.8 Å². The van der Waals surface area contributed by atoms with Crippen LogP contribution in [0, 0.1) is 0 Å². The standard InChI is InChI=1S/C17H15F7N2S/c1-10(2)27-14-8-7-11(12-5-3-4-6-13(12)14)9-25-26-17(23,24)15(18,19)16(20,21)22/h3-10,26H,1-2H3/b25-9+. The molecular weight excluding hydrogens is 397 g/mol. The molecule has 0 bridgehead atoms. The van der Waals surface area contributed by atoms with Crippen LogP contribution >= 0.6 is 11.8 Å². The van der Waals surface area contributed by atoms with Crippen molar-refractivity contribution in [2.75, 3.05) is 0 Å². The second kappa shape index (κ2) is 7.57. The lowest BCUT2D eigenvalue weighted by Gasteiger charge is -2.27. The molecule has 0 atom stereocenters. The van der Waals surface area contributed by atoms with E-state index in [1.165, 1.54) is 6.07 Å². The summed E-state index contributed by atoms with van der Waals surface area (Å²) in [4.78, 5) is 0.916. The maximum atomic E-state index is 13.2. The van der Waals surface area contributed by atoms with Crippen molar-refractivity contribution in [3.8, 4) is 0 Å². The maximum Gasteiger partial charge on any atom is 0.462 e. The number of nitrogens with zero attached hydrogens (tertiary/aromatic N) is 1. The van der Waals surface area contributed by atoms with Crippen molar-refractivity contribution in [3.05, 3.63) is 42.0 Å². The van der Waals surface area contributed by atoms with E-state index in [1.54, 1.807) is 42.1 Å². The molecule has 0 unspecified atom stereocenters. The van der Waals surface area contributed by atoms with Crippen LogP contribution in [0.5, 0.6) is 0 Å². The first-order valence-electron chi connectivity index (χ1n) is 7.68. The Morgan fingerprint density at radius 1 is 0.926 bits per heavy atom. The van der Waals surface area contributed by atoms with Crippen LogP contribution in [0.15, 0.2) is 46.4 Å². The first-order valence-corrected chi connectivity index (χ1v) is 8.56. The topological polar surface area (TPSA) is 24.4 Å². The normalized spacial score (nSPS) is 13.7. The van der Waals surface area contributed by atoms with Crippen molar-refractivity contribution in [1.29, 1.82) is 0 Å². The molecular formula is C17H15F7N2S. The molecule has 0 aliphatic carbocycles. The molecule has 2 rings (SSSR count).